The first-order chi connectivity index (χ1) is 6.89. The molecule has 0 radical (unpaired) electrons. The van der Waals surface area contributed by atoms with Gasteiger partial charge in [-0.05, 0) is 23.5 Å². The van der Waals surface area contributed by atoms with Crippen LogP contribution in [0.3, 0.4) is 0 Å². The Morgan fingerprint density at radius 2 is 2.00 bits per heavy atom. The van der Waals surface area contributed by atoms with E-state index in [1.165, 1.54) is 11.1 Å². The monoisotopic (exact) mass is 204 g/mol. The molecule has 0 aliphatic carbocycles. The van der Waals surface area contributed by atoms with Gasteiger partial charge in [0.1, 0.15) is 0 Å². The summed E-state index contributed by atoms with van der Waals surface area (Å²) < 4.78 is 0. The number of rotatable bonds is 2. The lowest BCUT2D eigenvalue weighted by Gasteiger charge is -2.19. The highest BCUT2D eigenvalue weighted by Crippen LogP contribution is 2.22. The van der Waals surface area contributed by atoms with Crippen molar-refractivity contribution in [3.63, 3.8) is 0 Å². The van der Waals surface area contributed by atoms with E-state index in [9.17, 15) is 0 Å². The van der Waals surface area contributed by atoms with Crippen LogP contribution in [-0.4, -0.2) is 5.84 Å². The van der Waals surface area contributed by atoms with E-state index in [4.69, 9.17) is 5.73 Å². The Morgan fingerprint density at radius 3 is 2.53 bits per heavy atom. The third-order valence-electron chi connectivity index (χ3n) is 2.30. The van der Waals surface area contributed by atoms with Crippen molar-refractivity contribution in [1.82, 2.24) is 0 Å². The minimum Gasteiger partial charge on any atom is -0.388 e. The first-order valence-electron chi connectivity index (χ1n) is 5.25. The quantitative estimate of drug-likeness (QED) is 0.584. The summed E-state index contributed by atoms with van der Waals surface area (Å²) in [6.07, 6.45) is 0. The predicted molar refractivity (Wildman–Crippen MR) is 66.1 cm³/mol. The SMILES string of the molecule is C/C(N)=N/Cc1cccc(C(C)(C)C)c1. The summed E-state index contributed by atoms with van der Waals surface area (Å²) in [5.74, 6) is 0.635. The Balaban J connectivity index is 2.89. The van der Waals surface area contributed by atoms with Gasteiger partial charge in [-0.3, -0.25) is 4.99 Å². The van der Waals surface area contributed by atoms with Crippen LogP contribution in [0.2, 0.25) is 0 Å². The Bertz CT molecular complexity index is 355. The van der Waals surface area contributed by atoms with Crippen LogP contribution in [0.15, 0.2) is 29.3 Å². The lowest BCUT2D eigenvalue weighted by Crippen LogP contribution is -2.11. The largest absolute Gasteiger partial charge is 0.388 e. The fraction of sp³-hybridized carbons (Fsp3) is 0.462. The van der Waals surface area contributed by atoms with Crippen LogP contribution >= 0.6 is 0 Å². The van der Waals surface area contributed by atoms with Crippen molar-refractivity contribution in [3.05, 3.63) is 35.4 Å². The molecule has 0 fully saturated rings. The summed E-state index contributed by atoms with van der Waals surface area (Å²) in [5, 5.41) is 0. The van der Waals surface area contributed by atoms with Gasteiger partial charge >= 0.3 is 0 Å². The zero-order valence-electron chi connectivity index (χ0n) is 10.0. The summed E-state index contributed by atoms with van der Waals surface area (Å²) in [6.45, 7) is 9.12. The van der Waals surface area contributed by atoms with Gasteiger partial charge in [0.05, 0.1) is 12.4 Å². The van der Waals surface area contributed by atoms with Gasteiger partial charge in [-0.2, -0.15) is 0 Å². The Morgan fingerprint density at radius 1 is 1.33 bits per heavy atom. The molecule has 0 spiro atoms. The second-order valence-electron chi connectivity index (χ2n) is 4.91. The Labute approximate surface area is 92.2 Å². The van der Waals surface area contributed by atoms with Gasteiger partial charge < -0.3 is 5.73 Å². The van der Waals surface area contributed by atoms with E-state index >= 15 is 0 Å². The molecule has 0 amide bonds. The number of hydrogen-bond donors (Lipinski definition) is 1. The summed E-state index contributed by atoms with van der Waals surface area (Å²) in [6, 6.07) is 8.52. The van der Waals surface area contributed by atoms with Crippen molar-refractivity contribution < 1.29 is 0 Å². The molecule has 0 atom stereocenters. The topological polar surface area (TPSA) is 38.4 Å². The van der Waals surface area contributed by atoms with Gasteiger partial charge in [0, 0.05) is 0 Å². The molecule has 0 saturated carbocycles. The summed E-state index contributed by atoms with van der Waals surface area (Å²) in [5.41, 5.74) is 8.26. The average molecular weight is 204 g/mol. The van der Waals surface area contributed by atoms with Gasteiger partial charge in [-0.1, -0.05) is 45.0 Å². The normalized spacial score (nSPS) is 12.9. The molecule has 0 aliphatic heterocycles. The van der Waals surface area contributed by atoms with Crippen molar-refractivity contribution in [2.75, 3.05) is 0 Å². The van der Waals surface area contributed by atoms with Gasteiger partial charge in [-0.25, -0.2) is 0 Å². The highest BCUT2D eigenvalue weighted by Gasteiger charge is 2.13. The smallest absolute Gasteiger partial charge is 0.0909 e. The molecule has 0 saturated heterocycles. The maximum Gasteiger partial charge on any atom is 0.0909 e. The molecule has 0 heterocycles. The van der Waals surface area contributed by atoms with Crippen LogP contribution in [0.4, 0.5) is 0 Å². The van der Waals surface area contributed by atoms with Gasteiger partial charge in [-0.15, -0.1) is 0 Å². The maximum atomic E-state index is 5.51. The molecular formula is C13H20N2. The molecule has 1 rings (SSSR count). The van der Waals surface area contributed by atoms with E-state index in [-0.39, 0.29) is 5.41 Å². The van der Waals surface area contributed by atoms with Crippen LogP contribution in [0, 0.1) is 0 Å². The van der Waals surface area contributed by atoms with Gasteiger partial charge in [0.25, 0.3) is 0 Å². The fourth-order valence-electron chi connectivity index (χ4n) is 1.35. The van der Waals surface area contributed by atoms with E-state index in [1.54, 1.807) is 0 Å². The minimum atomic E-state index is 0.192. The number of nitrogens with zero attached hydrogens (tertiary/aromatic N) is 1. The van der Waals surface area contributed by atoms with E-state index in [1.807, 2.05) is 6.92 Å². The Hall–Kier alpha value is -1.31. The van der Waals surface area contributed by atoms with E-state index in [0.717, 1.165) is 0 Å². The molecule has 2 N–H and O–H groups in total. The lowest BCUT2D eigenvalue weighted by atomic mass is 9.86. The third kappa shape index (κ3) is 3.74. The summed E-state index contributed by atoms with van der Waals surface area (Å²) in [4.78, 5) is 4.21. The van der Waals surface area contributed by atoms with E-state index < -0.39 is 0 Å². The van der Waals surface area contributed by atoms with Crippen molar-refractivity contribution in [2.45, 2.75) is 39.7 Å². The second-order valence-corrected chi connectivity index (χ2v) is 4.91. The van der Waals surface area contributed by atoms with Gasteiger partial charge in [0.15, 0.2) is 0 Å². The molecule has 0 aromatic heterocycles. The second kappa shape index (κ2) is 4.47. The number of hydrogen-bond acceptors (Lipinski definition) is 1. The molecular weight excluding hydrogens is 184 g/mol. The standard InChI is InChI=1S/C13H20N2/c1-10(14)15-9-11-6-5-7-12(8-11)13(2,3)4/h5-8H,9H2,1-4H3,(H2,14,15). The summed E-state index contributed by atoms with van der Waals surface area (Å²) in [7, 11) is 0. The number of nitrogens with two attached hydrogens (primary N) is 1. The minimum absolute atomic E-state index is 0.192. The van der Waals surface area contributed by atoms with Crippen molar-refractivity contribution in [1.29, 1.82) is 0 Å². The first kappa shape index (κ1) is 11.8. The molecule has 0 aliphatic rings. The van der Waals surface area contributed by atoms with E-state index in [0.29, 0.717) is 12.4 Å². The third-order valence-corrected chi connectivity index (χ3v) is 2.30. The van der Waals surface area contributed by atoms with Crippen LogP contribution in [0.5, 0.6) is 0 Å². The molecule has 2 nitrogen and oxygen atoms in total. The summed E-state index contributed by atoms with van der Waals surface area (Å²) >= 11 is 0. The molecule has 82 valence electrons. The van der Waals surface area contributed by atoms with Crippen LogP contribution in [0.25, 0.3) is 0 Å². The number of aliphatic imine (C=N–C) groups is 1. The van der Waals surface area contributed by atoms with Crippen LogP contribution < -0.4 is 5.73 Å². The predicted octanol–water partition coefficient (Wildman–Crippen LogP) is 2.86. The molecule has 15 heavy (non-hydrogen) atoms. The average Bonchev–Trinajstić information content (AvgIpc) is 2.14. The molecule has 0 bridgehead atoms. The molecule has 1 aromatic carbocycles. The lowest BCUT2D eigenvalue weighted by molar-refractivity contribution is 0.589. The molecule has 2 heteroatoms. The van der Waals surface area contributed by atoms with Crippen molar-refractivity contribution >= 4 is 5.84 Å². The van der Waals surface area contributed by atoms with Crippen molar-refractivity contribution in [3.8, 4) is 0 Å². The number of amidine groups is 1. The van der Waals surface area contributed by atoms with E-state index in [2.05, 4.69) is 50.0 Å². The maximum absolute atomic E-state index is 5.51. The van der Waals surface area contributed by atoms with Crippen LogP contribution in [0.1, 0.15) is 38.8 Å². The highest BCUT2D eigenvalue weighted by molar-refractivity contribution is 5.77. The Kier molecular flexibility index (Phi) is 3.51. The van der Waals surface area contributed by atoms with Crippen LogP contribution in [-0.2, 0) is 12.0 Å². The van der Waals surface area contributed by atoms with Gasteiger partial charge in [0.2, 0.25) is 0 Å². The fourth-order valence-corrected chi connectivity index (χ4v) is 1.35. The molecule has 0 unspecified atom stereocenters. The first-order valence-corrected chi connectivity index (χ1v) is 5.25. The highest BCUT2D eigenvalue weighted by atomic mass is 14.8. The molecule has 1 aromatic rings. The zero-order valence-corrected chi connectivity index (χ0v) is 10.0. The number of benzene rings is 1. The van der Waals surface area contributed by atoms with Crippen molar-refractivity contribution in [2.24, 2.45) is 10.7 Å². The zero-order chi connectivity index (χ0) is 11.5.